The molecule has 0 saturated carbocycles. The number of rotatable bonds is 5. The van der Waals surface area contributed by atoms with E-state index in [9.17, 15) is 9.59 Å². The Hall–Kier alpha value is -2.80. The largest absolute Gasteiger partial charge is 0.497 e. The molecule has 25 heavy (non-hydrogen) atoms. The van der Waals surface area contributed by atoms with Crippen molar-refractivity contribution in [2.24, 2.45) is 4.99 Å². The molecule has 2 amide bonds. The summed E-state index contributed by atoms with van der Waals surface area (Å²) in [5.74, 6) is 0.270. The SMILES string of the molecule is COc1cccc(N=C2NC(=O)[C@H](CC(=O)Nc3ccccc3)S2)c1. The standard InChI is InChI=1S/C18H17N3O3S/c1-24-14-9-5-8-13(10-14)20-18-21-17(23)15(25-18)11-16(22)19-12-6-3-2-4-7-12/h2-10,15H,11H2,1H3,(H,19,22)(H,20,21,23)/t15-/m0/s1. The van der Waals surface area contributed by atoms with E-state index < -0.39 is 5.25 Å². The summed E-state index contributed by atoms with van der Waals surface area (Å²) < 4.78 is 5.15. The average molecular weight is 355 g/mol. The fourth-order valence-corrected chi connectivity index (χ4v) is 3.28. The molecule has 0 radical (unpaired) electrons. The zero-order chi connectivity index (χ0) is 17.6. The maximum atomic E-state index is 12.1. The Morgan fingerprint density at radius 3 is 2.80 bits per heavy atom. The smallest absolute Gasteiger partial charge is 0.240 e. The van der Waals surface area contributed by atoms with Gasteiger partial charge in [-0.15, -0.1) is 0 Å². The molecule has 0 aliphatic carbocycles. The molecule has 1 aliphatic rings. The van der Waals surface area contributed by atoms with Crippen molar-refractivity contribution >= 4 is 40.1 Å². The number of benzene rings is 2. The summed E-state index contributed by atoms with van der Waals surface area (Å²) in [7, 11) is 1.58. The second-order valence-electron chi connectivity index (χ2n) is 5.33. The number of nitrogens with zero attached hydrogens (tertiary/aromatic N) is 1. The number of para-hydroxylation sites is 1. The molecule has 2 N–H and O–H groups in total. The fraction of sp³-hybridized carbons (Fsp3) is 0.167. The van der Waals surface area contributed by atoms with Gasteiger partial charge in [0, 0.05) is 18.2 Å². The Morgan fingerprint density at radius 1 is 1.24 bits per heavy atom. The van der Waals surface area contributed by atoms with E-state index in [1.165, 1.54) is 11.8 Å². The maximum Gasteiger partial charge on any atom is 0.240 e. The van der Waals surface area contributed by atoms with Crippen molar-refractivity contribution in [3.05, 3.63) is 54.6 Å². The highest BCUT2D eigenvalue weighted by Gasteiger charge is 2.32. The molecule has 2 aromatic rings. The summed E-state index contributed by atoms with van der Waals surface area (Å²) in [5, 5.41) is 5.48. The van der Waals surface area contributed by atoms with E-state index in [1.54, 1.807) is 25.3 Å². The van der Waals surface area contributed by atoms with Gasteiger partial charge in [-0.25, -0.2) is 4.99 Å². The lowest BCUT2D eigenvalue weighted by atomic mass is 10.2. The van der Waals surface area contributed by atoms with Gasteiger partial charge in [-0.3, -0.25) is 9.59 Å². The lowest BCUT2D eigenvalue weighted by Gasteiger charge is -2.07. The molecule has 3 rings (SSSR count). The molecule has 1 saturated heterocycles. The van der Waals surface area contributed by atoms with E-state index in [-0.39, 0.29) is 18.2 Å². The van der Waals surface area contributed by atoms with Crippen LogP contribution in [0.2, 0.25) is 0 Å². The van der Waals surface area contributed by atoms with Crippen LogP contribution in [0, 0.1) is 0 Å². The van der Waals surface area contributed by atoms with Gasteiger partial charge < -0.3 is 15.4 Å². The number of anilines is 1. The number of hydrogen-bond donors (Lipinski definition) is 2. The van der Waals surface area contributed by atoms with E-state index in [0.29, 0.717) is 22.3 Å². The first-order valence-corrected chi connectivity index (χ1v) is 8.57. The van der Waals surface area contributed by atoms with Crippen molar-refractivity contribution in [3.63, 3.8) is 0 Å². The van der Waals surface area contributed by atoms with Crippen LogP contribution in [0.3, 0.4) is 0 Å². The third-order valence-corrected chi connectivity index (χ3v) is 4.57. The van der Waals surface area contributed by atoms with Crippen LogP contribution in [-0.4, -0.2) is 29.3 Å². The van der Waals surface area contributed by atoms with Crippen LogP contribution < -0.4 is 15.4 Å². The van der Waals surface area contributed by atoms with Crippen molar-refractivity contribution in [2.45, 2.75) is 11.7 Å². The number of amidine groups is 1. The highest BCUT2D eigenvalue weighted by Crippen LogP contribution is 2.27. The van der Waals surface area contributed by atoms with Crippen LogP contribution in [0.15, 0.2) is 59.6 Å². The summed E-state index contributed by atoms with van der Waals surface area (Å²) in [6.07, 6.45) is 0.0858. The van der Waals surface area contributed by atoms with Crippen LogP contribution >= 0.6 is 11.8 Å². The summed E-state index contributed by atoms with van der Waals surface area (Å²) in [6, 6.07) is 16.4. The minimum absolute atomic E-state index is 0.0858. The number of thioether (sulfide) groups is 1. The van der Waals surface area contributed by atoms with Crippen LogP contribution in [0.25, 0.3) is 0 Å². The first kappa shape index (κ1) is 17.0. The molecule has 1 aliphatic heterocycles. The molecule has 0 spiro atoms. The molecule has 6 nitrogen and oxygen atoms in total. The number of carbonyl (C=O) groups excluding carboxylic acids is 2. The first-order chi connectivity index (χ1) is 12.1. The zero-order valence-electron chi connectivity index (χ0n) is 13.6. The molecule has 0 unspecified atom stereocenters. The second kappa shape index (κ2) is 7.85. The fourth-order valence-electron chi connectivity index (χ4n) is 2.29. The van der Waals surface area contributed by atoms with Gasteiger partial charge in [0.05, 0.1) is 12.8 Å². The zero-order valence-corrected chi connectivity index (χ0v) is 14.4. The van der Waals surface area contributed by atoms with Gasteiger partial charge >= 0.3 is 0 Å². The number of ether oxygens (including phenoxy) is 1. The lowest BCUT2D eigenvalue weighted by molar-refractivity contribution is -0.122. The normalized spacial score (nSPS) is 18.0. The predicted octanol–water partition coefficient (Wildman–Crippen LogP) is 2.94. The Kier molecular flexibility index (Phi) is 5.35. The predicted molar refractivity (Wildman–Crippen MR) is 99.3 cm³/mol. The molecule has 2 aromatic carbocycles. The average Bonchev–Trinajstić information content (AvgIpc) is 2.95. The molecule has 0 aromatic heterocycles. The molecular weight excluding hydrogens is 338 g/mol. The maximum absolute atomic E-state index is 12.1. The molecule has 1 heterocycles. The van der Waals surface area contributed by atoms with Crippen LogP contribution in [0.1, 0.15) is 6.42 Å². The van der Waals surface area contributed by atoms with Crippen molar-refractivity contribution in [2.75, 3.05) is 12.4 Å². The van der Waals surface area contributed by atoms with E-state index in [4.69, 9.17) is 4.74 Å². The molecule has 128 valence electrons. The molecule has 0 bridgehead atoms. The molecule has 1 atom stereocenters. The molecule has 7 heteroatoms. The Balaban J connectivity index is 1.62. The number of amides is 2. The molecular formula is C18H17N3O3S. The quantitative estimate of drug-likeness (QED) is 0.864. The summed E-state index contributed by atoms with van der Waals surface area (Å²) >= 11 is 1.25. The third-order valence-electron chi connectivity index (χ3n) is 3.49. The second-order valence-corrected chi connectivity index (χ2v) is 6.52. The Labute approximate surface area is 149 Å². The summed E-state index contributed by atoms with van der Waals surface area (Å²) in [4.78, 5) is 28.6. The first-order valence-electron chi connectivity index (χ1n) is 7.69. The van der Waals surface area contributed by atoms with E-state index in [1.807, 2.05) is 36.4 Å². The minimum atomic E-state index is -0.493. The summed E-state index contributed by atoms with van der Waals surface area (Å²) in [5.41, 5.74) is 1.39. The highest BCUT2D eigenvalue weighted by molar-refractivity contribution is 8.15. The minimum Gasteiger partial charge on any atom is -0.497 e. The molecule has 1 fully saturated rings. The third kappa shape index (κ3) is 4.60. The topological polar surface area (TPSA) is 79.8 Å². The Bertz CT molecular complexity index is 808. The van der Waals surface area contributed by atoms with Gasteiger partial charge in [0.1, 0.15) is 11.0 Å². The van der Waals surface area contributed by atoms with Gasteiger partial charge in [-0.05, 0) is 24.3 Å². The highest BCUT2D eigenvalue weighted by atomic mass is 32.2. The number of nitrogens with one attached hydrogen (secondary N) is 2. The number of aliphatic imine (C=N–C) groups is 1. The number of hydrogen-bond acceptors (Lipinski definition) is 5. The number of carbonyl (C=O) groups is 2. The van der Waals surface area contributed by atoms with Gasteiger partial charge in [-0.1, -0.05) is 36.0 Å². The van der Waals surface area contributed by atoms with E-state index in [0.717, 1.165) is 0 Å². The van der Waals surface area contributed by atoms with Gasteiger partial charge in [0.15, 0.2) is 5.17 Å². The van der Waals surface area contributed by atoms with Crippen molar-refractivity contribution < 1.29 is 14.3 Å². The van der Waals surface area contributed by atoms with Crippen LogP contribution in [-0.2, 0) is 9.59 Å². The van der Waals surface area contributed by atoms with Crippen molar-refractivity contribution in [3.8, 4) is 5.75 Å². The van der Waals surface area contributed by atoms with E-state index >= 15 is 0 Å². The lowest BCUT2D eigenvalue weighted by Crippen LogP contribution is -2.28. The van der Waals surface area contributed by atoms with Gasteiger partial charge in [0.25, 0.3) is 0 Å². The van der Waals surface area contributed by atoms with Crippen LogP contribution in [0.5, 0.6) is 5.75 Å². The Morgan fingerprint density at radius 2 is 2.04 bits per heavy atom. The van der Waals surface area contributed by atoms with Crippen LogP contribution in [0.4, 0.5) is 11.4 Å². The van der Waals surface area contributed by atoms with Gasteiger partial charge in [-0.2, -0.15) is 0 Å². The monoisotopic (exact) mass is 355 g/mol. The van der Waals surface area contributed by atoms with E-state index in [2.05, 4.69) is 15.6 Å². The summed E-state index contributed by atoms with van der Waals surface area (Å²) in [6.45, 7) is 0. The van der Waals surface area contributed by atoms with Gasteiger partial charge in [0.2, 0.25) is 11.8 Å². The van der Waals surface area contributed by atoms with Crippen molar-refractivity contribution in [1.82, 2.24) is 5.32 Å². The van der Waals surface area contributed by atoms with Crippen molar-refractivity contribution in [1.29, 1.82) is 0 Å². The number of methoxy groups -OCH3 is 1.